The van der Waals surface area contributed by atoms with E-state index in [1.54, 1.807) is 18.2 Å². The quantitative estimate of drug-likeness (QED) is 0.122. The van der Waals surface area contributed by atoms with E-state index in [0.717, 1.165) is 5.56 Å². The summed E-state index contributed by atoms with van der Waals surface area (Å²) in [6.07, 6.45) is 1.62. The lowest BCUT2D eigenvalue weighted by atomic mass is 10.0. The van der Waals surface area contributed by atoms with Crippen molar-refractivity contribution in [1.82, 2.24) is 35.2 Å². The van der Waals surface area contributed by atoms with Crippen LogP contribution in [0.3, 0.4) is 0 Å². The second kappa shape index (κ2) is 13.9. The molecule has 0 aliphatic rings. The molecule has 0 saturated heterocycles. The van der Waals surface area contributed by atoms with Gasteiger partial charge in [0.15, 0.2) is 17.2 Å². The van der Waals surface area contributed by atoms with E-state index < -0.39 is 11.9 Å². The maximum atomic E-state index is 13.4. The number of rotatable bonds is 10. The van der Waals surface area contributed by atoms with Crippen LogP contribution >= 0.6 is 0 Å². The molecule has 0 aliphatic heterocycles. The fraction of sp³-hybridized carbons (Fsp3) is 0.280. The van der Waals surface area contributed by atoms with Crippen LogP contribution in [0.5, 0.6) is 0 Å². The number of anilines is 2. The van der Waals surface area contributed by atoms with Gasteiger partial charge in [0.1, 0.15) is 0 Å². The van der Waals surface area contributed by atoms with Gasteiger partial charge in [-0.05, 0) is 30.2 Å². The molecule has 13 nitrogen and oxygen atoms in total. The largest absolute Gasteiger partial charge is 0.483 e. The molecular formula is C25H28F3N9O4. The highest BCUT2D eigenvalue weighted by Crippen LogP contribution is 2.36. The average Bonchev–Trinajstić information content (AvgIpc) is 3.59. The topological polar surface area (TPSA) is 192 Å². The number of alkyl halides is 3. The van der Waals surface area contributed by atoms with Gasteiger partial charge in [-0.3, -0.25) is 23.9 Å². The van der Waals surface area contributed by atoms with Crippen molar-refractivity contribution in [2.24, 2.45) is 5.73 Å². The summed E-state index contributed by atoms with van der Waals surface area (Å²) in [7, 11) is 0. The molecular weight excluding hydrogens is 547 g/mol. The van der Waals surface area contributed by atoms with Gasteiger partial charge in [0.05, 0.1) is 17.5 Å². The predicted molar refractivity (Wildman–Crippen MR) is 142 cm³/mol. The van der Waals surface area contributed by atoms with Crippen LogP contribution in [-0.2, 0) is 22.2 Å². The molecule has 16 heteroatoms. The van der Waals surface area contributed by atoms with Crippen LogP contribution in [0.1, 0.15) is 35.0 Å². The van der Waals surface area contributed by atoms with E-state index >= 15 is 0 Å². The molecule has 0 radical (unpaired) electrons. The second-order valence-corrected chi connectivity index (χ2v) is 8.36. The third kappa shape index (κ3) is 7.57. The molecule has 0 fully saturated rings. The number of benzene rings is 1. The fourth-order valence-electron chi connectivity index (χ4n) is 3.92. The van der Waals surface area contributed by atoms with E-state index in [2.05, 4.69) is 36.1 Å². The summed E-state index contributed by atoms with van der Waals surface area (Å²) in [6, 6.07) is 5.16. The van der Waals surface area contributed by atoms with Crippen molar-refractivity contribution >= 4 is 35.4 Å². The minimum atomic E-state index is -4.63. The van der Waals surface area contributed by atoms with Gasteiger partial charge in [0.25, 0.3) is 12.4 Å². The molecule has 0 aliphatic carbocycles. The van der Waals surface area contributed by atoms with E-state index in [9.17, 15) is 22.8 Å². The fourth-order valence-corrected chi connectivity index (χ4v) is 3.92. The number of imidazole rings is 1. The molecule has 3 heterocycles. The van der Waals surface area contributed by atoms with Gasteiger partial charge in [-0.15, -0.1) is 0 Å². The highest BCUT2D eigenvalue weighted by molar-refractivity contribution is 5.96. The summed E-state index contributed by atoms with van der Waals surface area (Å²) in [5.41, 5.74) is 6.55. The molecule has 7 N–H and O–H groups in total. The first-order valence-corrected chi connectivity index (χ1v) is 12.3. The first-order chi connectivity index (χ1) is 19.6. The number of hydrogen-bond donors (Lipinski definition) is 6. The normalized spacial score (nSPS) is 11.0. The van der Waals surface area contributed by atoms with E-state index in [0.29, 0.717) is 29.1 Å². The van der Waals surface area contributed by atoms with Crippen LogP contribution in [0.25, 0.3) is 16.9 Å². The second-order valence-electron chi connectivity index (χ2n) is 8.36. The summed E-state index contributed by atoms with van der Waals surface area (Å²) in [5.74, 6) is -0.131. The van der Waals surface area contributed by atoms with Crippen molar-refractivity contribution in [2.75, 3.05) is 25.0 Å². The Kier molecular flexibility index (Phi) is 10.3. The molecule has 0 atom stereocenters. The van der Waals surface area contributed by atoms with Crippen LogP contribution in [0, 0.1) is 0 Å². The molecule has 1 aromatic carbocycles. The van der Waals surface area contributed by atoms with Gasteiger partial charge >= 0.3 is 6.18 Å². The number of carboxylic acid groups (broad SMARTS) is 1. The number of aromatic amines is 1. The number of aromatic nitrogens is 5. The average molecular weight is 576 g/mol. The Morgan fingerprint density at radius 1 is 1.20 bits per heavy atom. The van der Waals surface area contributed by atoms with E-state index in [1.165, 1.54) is 29.2 Å². The smallest absolute Gasteiger partial charge is 0.435 e. The van der Waals surface area contributed by atoms with E-state index in [4.69, 9.17) is 15.6 Å². The molecule has 0 bridgehead atoms. The third-order valence-electron chi connectivity index (χ3n) is 5.71. The molecule has 41 heavy (non-hydrogen) atoms. The predicted octanol–water partition coefficient (Wildman–Crippen LogP) is 2.34. The summed E-state index contributed by atoms with van der Waals surface area (Å²) in [5, 5.41) is 21.1. The Balaban J connectivity index is 0.00000147. The van der Waals surface area contributed by atoms with E-state index in [1.807, 2.05) is 6.92 Å². The van der Waals surface area contributed by atoms with Crippen molar-refractivity contribution in [3.8, 4) is 11.3 Å². The Hall–Kier alpha value is -4.99. The van der Waals surface area contributed by atoms with Crippen molar-refractivity contribution in [2.45, 2.75) is 25.9 Å². The van der Waals surface area contributed by atoms with E-state index in [-0.39, 0.29) is 55.6 Å². The first-order valence-electron chi connectivity index (χ1n) is 12.3. The highest BCUT2D eigenvalue weighted by Gasteiger charge is 2.37. The number of nitrogens with one attached hydrogen (secondary N) is 4. The molecule has 218 valence electrons. The number of fused-ring (bicyclic) bond motifs is 1. The number of H-pyrrole nitrogens is 1. The number of carbonyl (C=O) groups excluding carboxylic acids is 2. The number of halogens is 3. The van der Waals surface area contributed by atoms with Gasteiger partial charge < -0.3 is 26.8 Å². The summed E-state index contributed by atoms with van der Waals surface area (Å²) in [4.78, 5) is 41.1. The summed E-state index contributed by atoms with van der Waals surface area (Å²) in [6.45, 7) is 2.47. The Bertz CT molecular complexity index is 1500. The van der Waals surface area contributed by atoms with Crippen LogP contribution in [0.15, 0.2) is 43.0 Å². The zero-order valence-electron chi connectivity index (χ0n) is 21.8. The number of hydrogen-bond acceptors (Lipinski definition) is 8. The zero-order valence-corrected chi connectivity index (χ0v) is 21.8. The van der Waals surface area contributed by atoms with Gasteiger partial charge in [0, 0.05) is 55.9 Å². The maximum absolute atomic E-state index is 13.4. The molecule has 4 rings (SSSR count). The lowest BCUT2D eigenvalue weighted by Crippen LogP contribution is -2.35. The monoisotopic (exact) mass is 575 g/mol. The number of amides is 2. The van der Waals surface area contributed by atoms with Crippen molar-refractivity contribution < 1.29 is 32.7 Å². The van der Waals surface area contributed by atoms with Crippen molar-refractivity contribution in [1.29, 1.82) is 0 Å². The Labute approximate surface area is 231 Å². The SMILES string of the molecule is CCc1cc(Nc2nccn3c(-c4c[nH]nc4C(F)(F)F)cnc23)ccc1C(=O)NCCNC(=O)CCN.O=CO. The number of carbonyl (C=O) groups is 3. The third-order valence-corrected chi connectivity index (χ3v) is 5.71. The molecule has 2 amide bonds. The highest BCUT2D eigenvalue weighted by atomic mass is 19.4. The minimum absolute atomic E-state index is 0.135. The summed E-state index contributed by atoms with van der Waals surface area (Å²) >= 11 is 0. The Morgan fingerprint density at radius 2 is 1.93 bits per heavy atom. The lowest BCUT2D eigenvalue weighted by Gasteiger charge is -2.13. The summed E-state index contributed by atoms with van der Waals surface area (Å²) < 4.78 is 41.6. The molecule has 0 spiro atoms. The van der Waals surface area contributed by atoms with Crippen LogP contribution < -0.4 is 21.7 Å². The molecule has 0 saturated carbocycles. The van der Waals surface area contributed by atoms with Crippen molar-refractivity contribution in [3.63, 3.8) is 0 Å². The molecule has 0 unspecified atom stereocenters. The van der Waals surface area contributed by atoms with Gasteiger partial charge in [0.2, 0.25) is 5.91 Å². The number of nitrogens with two attached hydrogens (primary N) is 1. The van der Waals surface area contributed by atoms with Crippen molar-refractivity contribution in [3.05, 3.63) is 59.8 Å². The molecule has 3 aromatic heterocycles. The van der Waals surface area contributed by atoms with Crippen LogP contribution in [0.4, 0.5) is 24.7 Å². The molecule has 4 aromatic rings. The van der Waals surface area contributed by atoms with Crippen LogP contribution in [-0.4, -0.2) is 67.6 Å². The standard InChI is InChI=1S/C24H26F3N9O2.CH2O2/c1-2-14-11-15(3-4-16(14)23(38)31-8-7-29-19(37)5-6-28)34-21-22-32-13-18(36(22)10-9-30-21)17-12-33-35-20(17)24(25,26)27;2-1-3/h3-4,9-13H,2,5-8,28H2,1H3,(H,29,37)(H,30,34)(H,31,38)(H,33,35);1H,(H,2,3). The Morgan fingerprint density at radius 3 is 2.61 bits per heavy atom. The van der Waals surface area contributed by atoms with Gasteiger partial charge in [-0.2, -0.15) is 18.3 Å². The van der Waals surface area contributed by atoms with Crippen LogP contribution in [0.2, 0.25) is 0 Å². The maximum Gasteiger partial charge on any atom is 0.435 e. The first kappa shape index (κ1) is 30.6. The zero-order chi connectivity index (χ0) is 30.0. The number of nitrogens with zero attached hydrogens (tertiary/aromatic N) is 4. The van der Waals surface area contributed by atoms with Gasteiger partial charge in [-0.1, -0.05) is 6.92 Å². The lowest BCUT2D eigenvalue weighted by molar-refractivity contribution is -0.140. The minimum Gasteiger partial charge on any atom is -0.483 e. The van der Waals surface area contributed by atoms with Gasteiger partial charge in [-0.25, -0.2) is 9.97 Å². The number of aryl methyl sites for hydroxylation is 1.